The molecule has 0 unspecified atom stereocenters. The van der Waals surface area contributed by atoms with Gasteiger partial charge in [0.25, 0.3) is 11.8 Å². The molecule has 4 aromatic carbocycles. The summed E-state index contributed by atoms with van der Waals surface area (Å²) in [7, 11) is 0. The van der Waals surface area contributed by atoms with Gasteiger partial charge in [-0.25, -0.2) is 19.5 Å². The molecule has 0 spiro atoms. The third-order valence-electron chi connectivity index (χ3n) is 7.50. The number of benzene rings is 4. The largest absolute Gasteiger partial charge is 0.416 e. The minimum atomic E-state index is -4.39. The summed E-state index contributed by atoms with van der Waals surface area (Å²) >= 11 is 5.11. The zero-order valence-electron chi connectivity index (χ0n) is 29.1. The number of nitrogen functional groups attached to an aromatic ring is 1. The van der Waals surface area contributed by atoms with E-state index in [4.69, 9.17) is 26.2 Å². The molecule has 3 heterocycles. The number of alkyl halides is 7. The number of nitrogens with one attached hydrogen (secondary N) is 3. The molecule has 5 N–H and O–H groups in total. The molecule has 0 aliphatic carbocycles. The molecule has 1 fully saturated rings. The summed E-state index contributed by atoms with van der Waals surface area (Å²) < 4.78 is 86.7. The van der Waals surface area contributed by atoms with E-state index < -0.39 is 23.5 Å². The number of urea groups is 1. The monoisotopic (exact) mass is 814 g/mol. The third kappa shape index (κ3) is 11.3. The van der Waals surface area contributed by atoms with Crippen molar-refractivity contribution < 1.29 is 44.8 Å². The highest BCUT2D eigenvalue weighted by Gasteiger charge is 2.31. The minimum Gasteiger partial charge on any atom is -0.403 e. The molecule has 7 rings (SSSR count). The van der Waals surface area contributed by atoms with Crippen LogP contribution in [0.1, 0.15) is 11.1 Å². The van der Waals surface area contributed by atoms with E-state index in [-0.39, 0.29) is 29.8 Å². The molecule has 0 radical (unpaired) electrons. The number of nitrogens with zero attached hydrogens (tertiary/aromatic N) is 6. The van der Waals surface area contributed by atoms with Gasteiger partial charge < -0.3 is 30.5 Å². The van der Waals surface area contributed by atoms with Crippen molar-refractivity contribution >= 4 is 58.5 Å². The first-order chi connectivity index (χ1) is 27.3. The number of carbonyl (C=O) groups excluding carboxylic acids is 2. The van der Waals surface area contributed by atoms with E-state index >= 15 is 0 Å². The Hall–Kier alpha value is -6.92. The Kier molecular flexibility index (Phi) is 13.5. The zero-order valence-corrected chi connectivity index (χ0v) is 29.9. The van der Waals surface area contributed by atoms with Gasteiger partial charge in [-0.15, -0.1) is 21.8 Å². The van der Waals surface area contributed by atoms with Gasteiger partial charge in [-0.1, -0.05) is 34.5 Å². The summed E-state index contributed by atoms with van der Waals surface area (Å²) in [6, 6.07) is 23.1. The molecule has 6 aromatic rings. The summed E-state index contributed by atoms with van der Waals surface area (Å²) in [5.41, 5.74) is 7.28. The van der Waals surface area contributed by atoms with E-state index in [0.717, 1.165) is 24.3 Å². The van der Waals surface area contributed by atoms with Crippen molar-refractivity contribution in [1.82, 2.24) is 25.7 Å². The normalized spacial score (nSPS) is 12.3. The van der Waals surface area contributed by atoms with Crippen LogP contribution in [0.15, 0.2) is 111 Å². The first kappa shape index (κ1) is 41.2. The van der Waals surface area contributed by atoms with Crippen LogP contribution in [0.5, 0.6) is 0 Å². The average Bonchev–Trinajstić information content (AvgIpc) is 3.96. The van der Waals surface area contributed by atoms with Crippen LogP contribution < -0.4 is 26.6 Å². The van der Waals surface area contributed by atoms with Crippen LogP contribution in [0.25, 0.3) is 22.9 Å². The van der Waals surface area contributed by atoms with E-state index in [9.17, 15) is 35.9 Å². The van der Waals surface area contributed by atoms with Crippen molar-refractivity contribution in [3.05, 3.63) is 108 Å². The molecule has 0 bridgehead atoms. The quantitative estimate of drug-likeness (QED) is 0.0473. The van der Waals surface area contributed by atoms with Gasteiger partial charge in [0, 0.05) is 30.3 Å². The van der Waals surface area contributed by atoms with Gasteiger partial charge in [0.1, 0.15) is 0 Å². The number of para-hydroxylation sites is 2. The molecule has 1 aliphatic rings. The third-order valence-corrected chi connectivity index (χ3v) is 7.67. The highest BCUT2D eigenvalue weighted by molar-refractivity contribution is 6.18. The molecular weight excluding hydrogens is 786 g/mol. The fourth-order valence-corrected chi connectivity index (χ4v) is 4.96. The second kappa shape index (κ2) is 18.6. The summed E-state index contributed by atoms with van der Waals surface area (Å²) in [5.74, 6) is 0.803. The number of rotatable bonds is 9. The topological polar surface area (TPSA) is 190 Å². The molecule has 1 saturated heterocycles. The maximum Gasteiger partial charge on any atom is 0.416 e. The second-order valence-electron chi connectivity index (χ2n) is 11.4. The standard InChI is InChI=1S/C18H14F3N5O2.C15H11F3N4O.C3H4ClNO/c19-18(20,21)11-5-7-12(8-6-11)23-14-4-2-1-3-13(14)15-24-25-17(28-15)26-10-9-22-16(26)27;16-15(17,18)9-5-7-10(8-6-9)20-12-4-2-1-3-11(12)13-21-22-14(19)23-13;4-1-2-5-3-6/h1-8,23H,9-10H2,(H,22,27);1-8,20H,(H2,19,22);1-2H2. The number of aromatic nitrogens is 4. The van der Waals surface area contributed by atoms with Gasteiger partial charge in [0.2, 0.25) is 6.08 Å². The maximum atomic E-state index is 12.7. The van der Waals surface area contributed by atoms with Crippen molar-refractivity contribution in [2.75, 3.05) is 46.8 Å². The number of halogens is 7. The van der Waals surface area contributed by atoms with Gasteiger partial charge in [0.15, 0.2) is 0 Å². The summed E-state index contributed by atoms with van der Waals surface area (Å²) in [6.45, 7) is 1.29. The average molecular weight is 815 g/mol. The van der Waals surface area contributed by atoms with E-state index in [1.165, 1.54) is 35.2 Å². The number of aliphatic imine (C=N–C) groups is 1. The first-order valence-electron chi connectivity index (χ1n) is 16.4. The Bertz CT molecular complexity index is 2290. The summed E-state index contributed by atoms with van der Waals surface area (Å²) in [5, 5.41) is 24.0. The van der Waals surface area contributed by atoms with Crippen molar-refractivity contribution in [3.8, 4) is 22.9 Å². The van der Waals surface area contributed by atoms with Crippen molar-refractivity contribution in [3.63, 3.8) is 0 Å². The number of hydrogen-bond donors (Lipinski definition) is 4. The van der Waals surface area contributed by atoms with E-state index in [1.54, 1.807) is 48.5 Å². The lowest BCUT2D eigenvalue weighted by molar-refractivity contribution is -0.138. The maximum absolute atomic E-state index is 12.7. The molecule has 2 amide bonds. The number of hydrogen-bond acceptors (Lipinski definition) is 12. The Morgan fingerprint density at radius 2 is 1.25 bits per heavy atom. The number of carbonyl (C=O) groups is 1. The fourth-order valence-electron chi connectivity index (χ4n) is 4.87. The van der Waals surface area contributed by atoms with Crippen LogP contribution in [-0.4, -0.2) is 58.0 Å². The van der Waals surface area contributed by atoms with Gasteiger partial charge in [-0.05, 0) is 72.8 Å². The van der Waals surface area contributed by atoms with Gasteiger partial charge in [-0.2, -0.15) is 26.3 Å². The molecular formula is C36H29ClF6N10O4. The number of anilines is 6. The number of nitrogens with two attached hydrogens (primary N) is 1. The smallest absolute Gasteiger partial charge is 0.403 e. The highest BCUT2D eigenvalue weighted by Crippen LogP contribution is 2.35. The molecule has 0 saturated carbocycles. The van der Waals surface area contributed by atoms with E-state index in [2.05, 4.69) is 41.3 Å². The van der Waals surface area contributed by atoms with Crippen LogP contribution in [0.2, 0.25) is 0 Å². The van der Waals surface area contributed by atoms with Gasteiger partial charge in [0.05, 0.1) is 40.2 Å². The van der Waals surface area contributed by atoms with Crippen LogP contribution in [0, 0.1) is 0 Å². The molecule has 1 aliphatic heterocycles. The van der Waals surface area contributed by atoms with Crippen molar-refractivity contribution in [1.29, 1.82) is 0 Å². The fraction of sp³-hybridized carbons (Fsp3) is 0.167. The number of isocyanates is 1. The SMILES string of the molecule is Nc1nnc(-c2ccccc2Nc2ccc(C(F)(F)F)cc2)o1.O=C1NCCN1c1nnc(-c2ccccc2Nc2ccc(C(F)(F)F)cc2)o1.O=C=NCCCl. The van der Waals surface area contributed by atoms with E-state index in [1.807, 2.05) is 0 Å². The Morgan fingerprint density at radius 1 is 0.754 bits per heavy atom. The summed E-state index contributed by atoms with van der Waals surface area (Å²) in [4.78, 5) is 25.4. The molecule has 57 heavy (non-hydrogen) atoms. The predicted molar refractivity (Wildman–Crippen MR) is 198 cm³/mol. The molecule has 2 aromatic heterocycles. The van der Waals surface area contributed by atoms with Crippen LogP contribution in [-0.2, 0) is 17.1 Å². The van der Waals surface area contributed by atoms with Crippen molar-refractivity contribution in [2.45, 2.75) is 12.4 Å². The van der Waals surface area contributed by atoms with Crippen LogP contribution in [0.4, 0.5) is 65.9 Å². The molecule has 14 nitrogen and oxygen atoms in total. The Labute approximate surface area is 323 Å². The lowest BCUT2D eigenvalue weighted by Crippen LogP contribution is -2.27. The molecule has 0 atom stereocenters. The second-order valence-corrected chi connectivity index (χ2v) is 11.8. The van der Waals surface area contributed by atoms with Gasteiger partial charge >= 0.3 is 30.4 Å². The molecule has 21 heteroatoms. The molecule has 296 valence electrons. The summed E-state index contributed by atoms with van der Waals surface area (Å²) in [6.07, 6.45) is -7.39. The van der Waals surface area contributed by atoms with Crippen molar-refractivity contribution in [2.24, 2.45) is 4.99 Å². The first-order valence-corrected chi connectivity index (χ1v) is 16.9. The highest BCUT2D eigenvalue weighted by atomic mass is 35.5. The van der Waals surface area contributed by atoms with Gasteiger partial charge in [-0.3, -0.25) is 0 Å². The zero-order chi connectivity index (χ0) is 41.0. The Morgan fingerprint density at radius 3 is 1.65 bits per heavy atom. The van der Waals surface area contributed by atoms with Crippen LogP contribution >= 0.6 is 11.6 Å². The van der Waals surface area contributed by atoms with Crippen LogP contribution in [0.3, 0.4) is 0 Å². The Balaban J connectivity index is 0.000000193. The lowest BCUT2D eigenvalue weighted by atomic mass is 10.1. The number of amides is 2. The predicted octanol–water partition coefficient (Wildman–Crippen LogP) is 8.67. The minimum absolute atomic E-state index is 0.0654. The van der Waals surface area contributed by atoms with E-state index in [0.29, 0.717) is 59.4 Å². The lowest BCUT2D eigenvalue weighted by Gasteiger charge is -2.11.